The summed E-state index contributed by atoms with van der Waals surface area (Å²) in [6.45, 7) is 5.00. The summed E-state index contributed by atoms with van der Waals surface area (Å²) in [5.41, 5.74) is 10.1. The van der Waals surface area contributed by atoms with Gasteiger partial charge in [-0.15, -0.1) is 47.0 Å². The first-order valence-electron chi connectivity index (χ1n) is 26.3. The minimum Gasteiger partial charge on any atom is -0.392 e. The number of aliphatic hydroxyl groups is 2. The number of benzene rings is 6. The molecule has 16 heteroatoms. The number of fused-ring (bicyclic) bond motifs is 8. The highest BCUT2D eigenvalue weighted by molar-refractivity contribution is 8.19. The van der Waals surface area contributed by atoms with Gasteiger partial charge in [0, 0.05) is 41.0 Å². The van der Waals surface area contributed by atoms with E-state index in [4.69, 9.17) is 9.47 Å². The second-order valence-corrected chi connectivity index (χ2v) is 26.3. The number of carbonyl (C=O) groups is 4. The van der Waals surface area contributed by atoms with Crippen molar-refractivity contribution in [1.29, 1.82) is 0 Å². The Kier molecular flexibility index (Phi) is 17.9. The summed E-state index contributed by atoms with van der Waals surface area (Å²) in [5.74, 6) is -0.455. The van der Waals surface area contributed by atoms with E-state index in [9.17, 15) is 29.4 Å². The molecule has 0 aromatic heterocycles. The van der Waals surface area contributed by atoms with Crippen molar-refractivity contribution in [3.8, 4) is 0 Å². The van der Waals surface area contributed by atoms with E-state index >= 15 is 0 Å². The summed E-state index contributed by atoms with van der Waals surface area (Å²) < 4.78 is 11.9. The van der Waals surface area contributed by atoms with Gasteiger partial charge in [0.05, 0.1) is 48.8 Å². The Hall–Kier alpha value is -5.56. The molecule has 4 amide bonds. The van der Waals surface area contributed by atoms with Crippen LogP contribution in [0.15, 0.2) is 158 Å². The minimum absolute atomic E-state index is 0.0391. The number of rotatable bonds is 18. The molecule has 0 saturated carbocycles. The lowest BCUT2D eigenvalue weighted by Crippen LogP contribution is -2.73. The fourth-order valence-electron chi connectivity index (χ4n) is 10.3. The Labute approximate surface area is 475 Å². The van der Waals surface area contributed by atoms with Crippen LogP contribution in [0.5, 0.6) is 0 Å². The molecule has 6 aromatic carbocycles. The minimum atomic E-state index is -1.21. The number of ether oxygens (including phenoxy) is 2. The lowest BCUT2D eigenvalue weighted by atomic mass is 9.97. The molecule has 2 N–H and O–H groups in total. The van der Waals surface area contributed by atoms with E-state index in [1.807, 2.05) is 109 Å². The van der Waals surface area contributed by atoms with Crippen LogP contribution in [0.4, 0.5) is 0 Å². The average molecular weight is 1130 g/mol. The van der Waals surface area contributed by atoms with E-state index < -0.39 is 19.5 Å². The van der Waals surface area contributed by atoms with Crippen LogP contribution in [0.2, 0.25) is 0 Å². The molecule has 6 aliphatic rings. The van der Waals surface area contributed by atoms with Gasteiger partial charge in [0.25, 0.3) is 23.6 Å². The zero-order valence-corrected chi connectivity index (χ0v) is 48.3. The second kappa shape index (κ2) is 24.4. The van der Waals surface area contributed by atoms with E-state index in [1.54, 1.807) is 47.8 Å². The number of aliphatic hydroxyl groups excluding tert-OH is 2. The predicted molar refractivity (Wildman–Crippen MR) is 314 cm³/mol. The molecular formula is C62H68N4O8S4. The SMILES string of the molecule is CCc1ccc(C[C@@]23SC(c4ccc(CO)cc4)S[C@@](COCc4ccccc4)(C(=O)N2C)N(C)C3=O)cc1.CCc1ccc(C[C@@]23SC(c4ccc(CO)cc4)S[C@@](COCc4ccccc4)(C(=O)N2C)N(C)C3=O)cc1. The topological polar surface area (TPSA) is 140 Å². The van der Waals surface area contributed by atoms with Gasteiger partial charge in [-0.3, -0.25) is 19.2 Å². The molecule has 6 saturated heterocycles. The maximum atomic E-state index is 14.3. The van der Waals surface area contributed by atoms with Gasteiger partial charge in [0.1, 0.15) is 0 Å². The smallest absolute Gasteiger partial charge is 0.262 e. The number of carbonyl (C=O) groups excluding carboxylic acids is 4. The van der Waals surface area contributed by atoms with E-state index in [0.29, 0.717) is 26.1 Å². The largest absolute Gasteiger partial charge is 0.392 e. The molecule has 12 rings (SSSR count). The number of likely N-dealkylation sites (N-methyl/N-ethyl adjacent to an activating group) is 4. The Morgan fingerprint density at radius 3 is 0.987 bits per heavy atom. The fraction of sp³-hybridized carbons (Fsp3) is 0.355. The highest BCUT2D eigenvalue weighted by Gasteiger charge is 2.68. The van der Waals surface area contributed by atoms with E-state index in [0.717, 1.165) is 57.3 Å². The highest BCUT2D eigenvalue weighted by Crippen LogP contribution is 2.62. The molecule has 6 heterocycles. The molecule has 2 unspecified atom stereocenters. The van der Waals surface area contributed by atoms with Crippen LogP contribution in [-0.4, -0.2) is 114 Å². The summed E-state index contributed by atoms with van der Waals surface area (Å²) in [6.07, 6.45) is 2.68. The van der Waals surface area contributed by atoms with Gasteiger partial charge < -0.3 is 39.3 Å². The normalized spacial score (nSPS) is 24.8. The Balaban J connectivity index is 0.000000190. The number of thioether (sulfide) groups is 4. The maximum Gasteiger partial charge on any atom is 0.262 e. The molecule has 4 bridgehead atoms. The number of hydrogen-bond acceptors (Lipinski definition) is 12. The zero-order valence-electron chi connectivity index (χ0n) is 45.0. The van der Waals surface area contributed by atoms with Crippen molar-refractivity contribution < 1.29 is 38.9 Å². The average Bonchev–Trinajstić information content (AvgIpc) is 3.73. The van der Waals surface area contributed by atoms with Crippen LogP contribution in [0, 0.1) is 0 Å². The molecule has 0 spiro atoms. The number of hydrogen-bond donors (Lipinski definition) is 2. The van der Waals surface area contributed by atoms with Crippen molar-refractivity contribution in [2.24, 2.45) is 0 Å². The molecule has 6 fully saturated rings. The summed E-state index contributed by atoms with van der Waals surface area (Å²) in [5, 5.41) is 19.1. The zero-order chi connectivity index (χ0) is 55.2. The molecule has 12 nitrogen and oxygen atoms in total. The van der Waals surface area contributed by atoms with E-state index in [2.05, 4.69) is 62.4 Å². The summed E-state index contributed by atoms with van der Waals surface area (Å²) in [6, 6.07) is 51.8. The molecule has 78 heavy (non-hydrogen) atoms. The van der Waals surface area contributed by atoms with Crippen molar-refractivity contribution in [3.05, 3.63) is 213 Å². The molecule has 0 aliphatic carbocycles. The Morgan fingerprint density at radius 1 is 0.385 bits per heavy atom. The van der Waals surface area contributed by atoms with Crippen molar-refractivity contribution in [2.75, 3.05) is 41.4 Å². The number of piperazine rings is 2. The molecule has 6 atom stereocenters. The summed E-state index contributed by atoms with van der Waals surface area (Å²) in [7, 11) is 6.98. The van der Waals surface area contributed by atoms with Gasteiger partial charge in [-0.1, -0.05) is 172 Å². The fourth-order valence-corrected chi connectivity index (χ4v) is 17.9. The van der Waals surface area contributed by atoms with Gasteiger partial charge in [-0.2, -0.15) is 0 Å². The number of amides is 4. The third-order valence-electron chi connectivity index (χ3n) is 15.4. The van der Waals surface area contributed by atoms with E-state index in [-0.39, 0.29) is 59.2 Å². The van der Waals surface area contributed by atoms with Gasteiger partial charge in [-0.25, -0.2) is 0 Å². The third-order valence-corrected chi connectivity index (χ3v) is 22.3. The predicted octanol–water partition coefficient (Wildman–Crippen LogP) is 10.0. The van der Waals surface area contributed by atoms with Crippen LogP contribution in [0.1, 0.15) is 78.6 Å². The second-order valence-electron chi connectivity index (χ2n) is 20.2. The van der Waals surface area contributed by atoms with Crippen LogP contribution < -0.4 is 0 Å². The van der Waals surface area contributed by atoms with Gasteiger partial charge in [0.15, 0.2) is 19.5 Å². The molecule has 408 valence electrons. The van der Waals surface area contributed by atoms with Crippen LogP contribution in [-0.2, 0) is 80.8 Å². The van der Waals surface area contributed by atoms with Crippen molar-refractivity contribution in [3.63, 3.8) is 0 Å². The molecule has 6 aliphatic heterocycles. The Morgan fingerprint density at radius 2 is 0.667 bits per heavy atom. The van der Waals surface area contributed by atoms with Crippen LogP contribution in [0.25, 0.3) is 0 Å². The first-order valence-corrected chi connectivity index (χ1v) is 29.8. The van der Waals surface area contributed by atoms with Crippen molar-refractivity contribution in [1.82, 2.24) is 19.6 Å². The summed E-state index contributed by atoms with van der Waals surface area (Å²) >= 11 is 5.99. The standard InChI is InChI=1S/2C31H34N2O4S2/c2*1-4-22-10-12-23(13-11-22)18-30-28(35)33(3)31(29(36)32(30)2,21-37-20-25-8-6-5-7-9-25)39-27(38-30)26-16-14-24(19-34)15-17-26/h2*5-17,27,34H,4,18-21H2,1-3H3/t2*27?,30-,31-/m00/s1. The molecule has 0 radical (unpaired) electrons. The van der Waals surface area contributed by atoms with E-state index in [1.165, 1.54) is 58.2 Å². The lowest BCUT2D eigenvalue weighted by molar-refractivity contribution is -0.166. The third kappa shape index (κ3) is 11.2. The molecule has 6 aromatic rings. The number of aryl methyl sites for hydroxylation is 2. The first-order chi connectivity index (χ1) is 37.6. The summed E-state index contributed by atoms with van der Waals surface area (Å²) in [4.78, 5) is 59.2. The quantitative estimate of drug-likeness (QED) is 0.0847. The van der Waals surface area contributed by atoms with Crippen molar-refractivity contribution >= 4 is 70.7 Å². The number of nitrogens with zero attached hydrogens (tertiary/aromatic N) is 4. The lowest BCUT2D eigenvalue weighted by Gasteiger charge is -2.51. The van der Waals surface area contributed by atoms with Crippen molar-refractivity contribution in [2.45, 2.75) is 94.6 Å². The van der Waals surface area contributed by atoms with Crippen LogP contribution >= 0.6 is 47.0 Å². The van der Waals surface area contributed by atoms with Crippen LogP contribution in [0.3, 0.4) is 0 Å². The van der Waals surface area contributed by atoms with Gasteiger partial charge >= 0.3 is 0 Å². The highest BCUT2D eigenvalue weighted by atomic mass is 32.2. The van der Waals surface area contributed by atoms with Gasteiger partial charge in [-0.05, 0) is 68.5 Å². The maximum absolute atomic E-state index is 14.3. The van der Waals surface area contributed by atoms with Gasteiger partial charge in [0.2, 0.25) is 0 Å². The first kappa shape index (κ1) is 57.1. The Bertz CT molecular complexity index is 2840. The monoisotopic (exact) mass is 1120 g/mol. The molecular weight excluding hydrogens is 1060 g/mol.